The Labute approximate surface area is 111 Å². The van der Waals surface area contributed by atoms with E-state index in [4.69, 9.17) is 10.5 Å². The molecule has 3 unspecified atom stereocenters. The second-order valence-electron chi connectivity index (χ2n) is 6.88. The van der Waals surface area contributed by atoms with Crippen LogP contribution >= 0.6 is 0 Å². The van der Waals surface area contributed by atoms with Crippen molar-refractivity contribution in [3.05, 3.63) is 0 Å². The van der Waals surface area contributed by atoms with E-state index in [-0.39, 0.29) is 23.4 Å². The van der Waals surface area contributed by atoms with Crippen molar-refractivity contribution in [2.24, 2.45) is 23.0 Å². The highest BCUT2D eigenvalue weighted by atomic mass is 16.5. The van der Waals surface area contributed by atoms with Gasteiger partial charge in [0.05, 0.1) is 0 Å². The fraction of sp³-hybridized carbons (Fsp3) is 0.933. The van der Waals surface area contributed by atoms with Crippen LogP contribution in [0.2, 0.25) is 0 Å². The molecule has 0 saturated heterocycles. The molecule has 0 heterocycles. The fourth-order valence-electron chi connectivity index (χ4n) is 3.08. The molecule has 0 aromatic rings. The van der Waals surface area contributed by atoms with E-state index >= 15 is 0 Å². The van der Waals surface area contributed by atoms with Gasteiger partial charge in [0.1, 0.15) is 12.1 Å². The first kappa shape index (κ1) is 15.5. The first-order valence-electron chi connectivity index (χ1n) is 7.21. The molecule has 0 aromatic carbocycles. The molecule has 3 nitrogen and oxygen atoms in total. The van der Waals surface area contributed by atoms with Crippen LogP contribution in [0.15, 0.2) is 0 Å². The van der Waals surface area contributed by atoms with Crippen molar-refractivity contribution < 1.29 is 9.53 Å². The van der Waals surface area contributed by atoms with Crippen LogP contribution in [0.4, 0.5) is 0 Å². The third-order valence-electron chi connectivity index (χ3n) is 4.16. The summed E-state index contributed by atoms with van der Waals surface area (Å²) in [5.41, 5.74) is 6.18. The molecule has 0 aliphatic heterocycles. The summed E-state index contributed by atoms with van der Waals surface area (Å²) < 4.78 is 5.62. The molecule has 106 valence electrons. The Morgan fingerprint density at radius 1 is 1.44 bits per heavy atom. The molecule has 0 spiro atoms. The van der Waals surface area contributed by atoms with Crippen molar-refractivity contribution >= 4 is 5.97 Å². The smallest absolute Gasteiger partial charge is 0.323 e. The molecule has 18 heavy (non-hydrogen) atoms. The number of nitrogens with two attached hydrogens (primary N) is 1. The Balaban J connectivity index is 2.54. The minimum Gasteiger partial charge on any atom is -0.461 e. The van der Waals surface area contributed by atoms with Gasteiger partial charge >= 0.3 is 5.97 Å². The molecule has 1 aliphatic rings. The zero-order chi connectivity index (χ0) is 13.9. The average molecular weight is 255 g/mol. The maximum atomic E-state index is 12.0. The minimum absolute atomic E-state index is 0.0476. The van der Waals surface area contributed by atoms with Crippen LogP contribution in [0, 0.1) is 17.3 Å². The first-order chi connectivity index (χ1) is 8.25. The third-order valence-corrected chi connectivity index (χ3v) is 4.16. The monoisotopic (exact) mass is 255 g/mol. The van der Waals surface area contributed by atoms with E-state index in [1.807, 2.05) is 13.8 Å². The molecule has 1 rings (SSSR count). The first-order valence-corrected chi connectivity index (χ1v) is 7.21. The summed E-state index contributed by atoms with van der Waals surface area (Å²) in [5.74, 6) is 0.581. The van der Waals surface area contributed by atoms with E-state index < -0.39 is 6.04 Å². The van der Waals surface area contributed by atoms with Crippen LogP contribution in [0.1, 0.15) is 60.3 Å². The van der Waals surface area contributed by atoms with Crippen molar-refractivity contribution in [2.45, 2.75) is 72.4 Å². The molecule has 1 saturated carbocycles. The van der Waals surface area contributed by atoms with Crippen LogP contribution < -0.4 is 5.73 Å². The summed E-state index contributed by atoms with van der Waals surface area (Å²) in [6.07, 6.45) is 4.09. The highest BCUT2D eigenvalue weighted by molar-refractivity contribution is 5.76. The van der Waals surface area contributed by atoms with Gasteiger partial charge in [0.15, 0.2) is 0 Å². The van der Waals surface area contributed by atoms with Crippen LogP contribution in [0.3, 0.4) is 0 Å². The van der Waals surface area contributed by atoms with Crippen LogP contribution in [-0.2, 0) is 9.53 Å². The summed E-state index contributed by atoms with van der Waals surface area (Å²) in [6.45, 7) is 10.8. The molecule has 0 aromatic heterocycles. The van der Waals surface area contributed by atoms with Gasteiger partial charge in [-0.15, -0.1) is 0 Å². The van der Waals surface area contributed by atoms with Crippen molar-refractivity contribution in [2.75, 3.05) is 0 Å². The van der Waals surface area contributed by atoms with Crippen LogP contribution in [0.5, 0.6) is 0 Å². The molecule has 4 atom stereocenters. The van der Waals surface area contributed by atoms with E-state index in [0.29, 0.717) is 5.92 Å². The number of carbonyl (C=O) groups is 1. The summed E-state index contributed by atoms with van der Waals surface area (Å²) >= 11 is 0. The zero-order valence-electron chi connectivity index (χ0n) is 12.5. The number of hydrogen-bond acceptors (Lipinski definition) is 3. The van der Waals surface area contributed by atoms with Gasteiger partial charge < -0.3 is 10.5 Å². The van der Waals surface area contributed by atoms with E-state index in [1.54, 1.807) is 0 Å². The maximum absolute atomic E-state index is 12.0. The van der Waals surface area contributed by atoms with Crippen molar-refractivity contribution in [1.29, 1.82) is 0 Å². The van der Waals surface area contributed by atoms with Crippen molar-refractivity contribution in [3.63, 3.8) is 0 Å². The Kier molecular flexibility index (Phi) is 5.20. The van der Waals surface area contributed by atoms with Gasteiger partial charge in [-0.25, -0.2) is 0 Å². The van der Waals surface area contributed by atoms with Crippen LogP contribution in [0.25, 0.3) is 0 Å². The number of hydrogen-bond donors (Lipinski definition) is 1. The fourth-order valence-corrected chi connectivity index (χ4v) is 3.08. The lowest BCUT2D eigenvalue weighted by Gasteiger charge is -2.38. The van der Waals surface area contributed by atoms with Gasteiger partial charge in [-0.1, -0.05) is 41.0 Å². The lowest BCUT2D eigenvalue weighted by Crippen LogP contribution is -2.42. The summed E-state index contributed by atoms with van der Waals surface area (Å²) in [5, 5.41) is 0. The van der Waals surface area contributed by atoms with E-state index in [2.05, 4.69) is 20.8 Å². The van der Waals surface area contributed by atoms with Crippen molar-refractivity contribution in [3.8, 4) is 0 Å². The normalized spacial score (nSPS) is 30.6. The Morgan fingerprint density at radius 2 is 2.06 bits per heavy atom. The third kappa shape index (κ3) is 4.27. The summed E-state index contributed by atoms with van der Waals surface area (Å²) in [6, 6.07) is -0.477. The minimum atomic E-state index is -0.477. The molecule has 0 amide bonds. The SMILES string of the molecule is CCC(C)[C@H](N)C(=O)OC1CC(C)CC(C)(C)C1. The molecular formula is C15H29NO2. The molecule has 2 N–H and O–H groups in total. The quantitative estimate of drug-likeness (QED) is 0.785. The second kappa shape index (κ2) is 6.05. The summed E-state index contributed by atoms with van der Waals surface area (Å²) in [7, 11) is 0. The summed E-state index contributed by atoms with van der Waals surface area (Å²) in [4.78, 5) is 12.0. The van der Waals surface area contributed by atoms with Gasteiger partial charge in [0, 0.05) is 0 Å². The van der Waals surface area contributed by atoms with Gasteiger partial charge in [-0.05, 0) is 36.5 Å². The topological polar surface area (TPSA) is 52.3 Å². The lowest BCUT2D eigenvalue weighted by molar-refractivity contribution is -0.156. The number of esters is 1. The largest absolute Gasteiger partial charge is 0.461 e. The predicted octanol–water partition coefficient (Wildman–Crippen LogP) is 3.12. The molecule has 3 heteroatoms. The number of ether oxygens (including phenoxy) is 1. The molecule has 0 radical (unpaired) electrons. The van der Waals surface area contributed by atoms with E-state index in [0.717, 1.165) is 19.3 Å². The highest BCUT2D eigenvalue weighted by Crippen LogP contribution is 2.39. The Bertz CT molecular complexity index is 288. The highest BCUT2D eigenvalue weighted by Gasteiger charge is 2.35. The zero-order valence-corrected chi connectivity index (χ0v) is 12.5. The van der Waals surface area contributed by atoms with Crippen molar-refractivity contribution in [1.82, 2.24) is 0 Å². The Hall–Kier alpha value is -0.570. The number of rotatable bonds is 4. The molecule has 0 bridgehead atoms. The number of carbonyl (C=O) groups excluding carboxylic acids is 1. The van der Waals surface area contributed by atoms with Gasteiger partial charge in [0.25, 0.3) is 0 Å². The second-order valence-corrected chi connectivity index (χ2v) is 6.88. The standard InChI is InChI=1S/C15H29NO2/c1-6-11(3)13(16)14(17)18-12-7-10(2)8-15(4,5)9-12/h10-13H,6-9,16H2,1-5H3/t10?,11?,12?,13-/m0/s1. The molecule has 1 fully saturated rings. The van der Waals surface area contributed by atoms with E-state index in [1.165, 1.54) is 6.42 Å². The predicted molar refractivity (Wildman–Crippen MR) is 74.1 cm³/mol. The average Bonchev–Trinajstić information content (AvgIpc) is 2.23. The van der Waals surface area contributed by atoms with E-state index in [9.17, 15) is 4.79 Å². The van der Waals surface area contributed by atoms with Gasteiger partial charge in [-0.2, -0.15) is 0 Å². The molecule has 1 aliphatic carbocycles. The maximum Gasteiger partial charge on any atom is 0.323 e. The van der Waals surface area contributed by atoms with Crippen LogP contribution in [-0.4, -0.2) is 18.1 Å². The van der Waals surface area contributed by atoms with Gasteiger partial charge in [-0.3, -0.25) is 4.79 Å². The molecular weight excluding hydrogens is 226 g/mol. The lowest BCUT2D eigenvalue weighted by atomic mass is 9.71. The Morgan fingerprint density at radius 3 is 2.56 bits per heavy atom. The van der Waals surface area contributed by atoms with Gasteiger partial charge in [0.2, 0.25) is 0 Å².